The number of carbonyl (C=O) groups excluding carboxylic acids is 2. The lowest BCUT2D eigenvalue weighted by Gasteiger charge is -2.31. The monoisotopic (exact) mass is 254 g/mol. The van der Waals surface area contributed by atoms with E-state index in [4.69, 9.17) is 0 Å². The first kappa shape index (κ1) is 13.8. The number of halogens is 3. The number of amides is 1. The smallest absolute Gasteiger partial charge is 0.468 e. The van der Waals surface area contributed by atoms with Crippen molar-refractivity contribution in [3.05, 3.63) is 0 Å². The van der Waals surface area contributed by atoms with Crippen LogP contribution in [-0.4, -0.2) is 43.8 Å². The van der Waals surface area contributed by atoms with Crippen LogP contribution < -0.4 is 10.6 Å². The van der Waals surface area contributed by atoms with E-state index in [-0.39, 0.29) is 0 Å². The first-order chi connectivity index (χ1) is 7.86. The Morgan fingerprint density at radius 2 is 2.06 bits per heavy atom. The number of esters is 1. The van der Waals surface area contributed by atoms with Crippen molar-refractivity contribution < 1.29 is 27.5 Å². The van der Waals surface area contributed by atoms with Gasteiger partial charge >= 0.3 is 18.1 Å². The Morgan fingerprint density at radius 1 is 1.41 bits per heavy atom. The van der Waals surface area contributed by atoms with Gasteiger partial charge in [0.05, 0.1) is 13.2 Å². The van der Waals surface area contributed by atoms with Crippen LogP contribution in [0.1, 0.15) is 12.8 Å². The number of alkyl halides is 3. The van der Waals surface area contributed by atoms with Crippen LogP contribution in [0.2, 0.25) is 0 Å². The molecule has 0 bridgehead atoms. The number of methoxy groups -OCH3 is 1. The van der Waals surface area contributed by atoms with Crippen LogP contribution in [0.25, 0.3) is 0 Å². The zero-order valence-corrected chi connectivity index (χ0v) is 9.13. The summed E-state index contributed by atoms with van der Waals surface area (Å²) in [6, 6.07) is -1.83. The van der Waals surface area contributed by atoms with Crippen molar-refractivity contribution in [2.45, 2.75) is 31.1 Å². The van der Waals surface area contributed by atoms with Gasteiger partial charge in [0.1, 0.15) is 6.04 Å². The van der Waals surface area contributed by atoms with Crippen molar-refractivity contribution in [1.82, 2.24) is 10.6 Å². The molecule has 1 amide bonds. The fourth-order valence-corrected chi connectivity index (χ4v) is 1.67. The fourth-order valence-electron chi connectivity index (χ4n) is 1.67. The largest absolute Gasteiger partial charge is 0.471 e. The molecule has 2 atom stereocenters. The minimum Gasteiger partial charge on any atom is -0.468 e. The van der Waals surface area contributed by atoms with Gasteiger partial charge in [-0.2, -0.15) is 13.2 Å². The number of nitrogens with one attached hydrogen (secondary N) is 2. The van der Waals surface area contributed by atoms with Crippen LogP contribution in [0.15, 0.2) is 0 Å². The van der Waals surface area contributed by atoms with E-state index in [0.29, 0.717) is 19.4 Å². The maximum Gasteiger partial charge on any atom is 0.471 e. The number of carbonyl (C=O) groups is 2. The molecule has 0 aliphatic carbocycles. The van der Waals surface area contributed by atoms with Crippen LogP contribution in [0.4, 0.5) is 13.2 Å². The van der Waals surface area contributed by atoms with Crippen molar-refractivity contribution in [1.29, 1.82) is 0 Å². The van der Waals surface area contributed by atoms with Gasteiger partial charge in [-0.1, -0.05) is 0 Å². The molecule has 1 fully saturated rings. The van der Waals surface area contributed by atoms with E-state index in [1.807, 2.05) is 0 Å². The molecule has 0 spiro atoms. The van der Waals surface area contributed by atoms with E-state index >= 15 is 0 Å². The molecule has 5 nitrogen and oxygen atoms in total. The molecule has 0 saturated carbocycles. The molecule has 98 valence electrons. The molecule has 0 radical (unpaired) electrons. The number of rotatable bonds is 2. The third-order valence-electron chi connectivity index (χ3n) is 2.49. The Morgan fingerprint density at radius 3 is 2.59 bits per heavy atom. The SMILES string of the molecule is COC(=O)[C@H]1NCCC[C@H]1NC(=O)C(F)(F)F. The maximum atomic E-state index is 12.1. The van der Waals surface area contributed by atoms with E-state index in [1.165, 1.54) is 0 Å². The van der Waals surface area contributed by atoms with Crippen molar-refractivity contribution in [3.8, 4) is 0 Å². The fraction of sp³-hybridized carbons (Fsp3) is 0.778. The van der Waals surface area contributed by atoms with Crippen LogP contribution >= 0.6 is 0 Å². The second kappa shape index (κ2) is 5.35. The molecule has 2 N–H and O–H groups in total. The third-order valence-corrected chi connectivity index (χ3v) is 2.49. The van der Waals surface area contributed by atoms with Crippen LogP contribution in [0.3, 0.4) is 0 Å². The number of ether oxygens (including phenoxy) is 1. The maximum absolute atomic E-state index is 12.1. The molecule has 0 aromatic heterocycles. The van der Waals surface area contributed by atoms with Gasteiger partial charge in [0.25, 0.3) is 0 Å². The summed E-state index contributed by atoms with van der Waals surface area (Å²) < 4.78 is 40.6. The minimum absolute atomic E-state index is 0.300. The summed E-state index contributed by atoms with van der Waals surface area (Å²) in [6.45, 7) is 0.498. The molecule has 1 saturated heterocycles. The quantitative estimate of drug-likeness (QED) is 0.678. The van der Waals surface area contributed by atoms with Gasteiger partial charge in [-0.05, 0) is 19.4 Å². The van der Waals surface area contributed by atoms with Crippen LogP contribution in [-0.2, 0) is 14.3 Å². The molecule has 1 heterocycles. The van der Waals surface area contributed by atoms with Gasteiger partial charge in [-0.3, -0.25) is 9.59 Å². The Kier molecular flexibility index (Phi) is 4.33. The lowest BCUT2D eigenvalue weighted by Crippen LogP contribution is -2.59. The second-order valence-electron chi connectivity index (χ2n) is 3.67. The zero-order valence-electron chi connectivity index (χ0n) is 9.13. The van der Waals surface area contributed by atoms with E-state index in [9.17, 15) is 22.8 Å². The van der Waals surface area contributed by atoms with Gasteiger partial charge in [-0.25, -0.2) is 0 Å². The summed E-state index contributed by atoms with van der Waals surface area (Å²) in [5.41, 5.74) is 0. The predicted molar refractivity (Wildman–Crippen MR) is 51.0 cm³/mol. The minimum atomic E-state index is -4.95. The van der Waals surface area contributed by atoms with Gasteiger partial charge in [0.15, 0.2) is 0 Å². The lowest BCUT2D eigenvalue weighted by atomic mass is 9.98. The Balaban J connectivity index is 2.66. The summed E-state index contributed by atoms with van der Waals surface area (Å²) in [5.74, 6) is -2.72. The molecule has 0 unspecified atom stereocenters. The van der Waals surface area contributed by atoms with E-state index < -0.39 is 30.1 Å². The summed E-state index contributed by atoms with van der Waals surface area (Å²) in [6.07, 6.45) is -4.07. The summed E-state index contributed by atoms with van der Waals surface area (Å²) in [7, 11) is 1.14. The second-order valence-corrected chi connectivity index (χ2v) is 3.67. The highest BCUT2D eigenvalue weighted by Gasteiger charge is 2.42. The molecular formula is C9H13F3N2O3. The highest BCUT2D eigenvalue weighted by atomic mass is 19.4. The van der Waals surface area contributed by atoms with E-state index in [1.54, 1.807) is 5.32 Å². The van der Waals surface area contributed by atoms with Gasteiger partial charge in [0, 0.05) is 0 Å². The highest BCUT2D eigenvalue weighted by Crippen LogP contribution is 2.17. The van der Waals surface area contributed by atoms with Crippen molar-refractivity contribution >= 4 is 11.9 Å². The Hall–Kier alpha value is -1.31. The standard InChI is InChI=1S/C9H13F3N2O3/c1-17-7(15)6-5(3-2-4-13-6)14-8(16)9(10,11)12/h5-6,13H,2-4H2,1H3,(H,14,16)/t5-,6+/m1/s1. The third kappa shape index (κ3) is 3.58. The average molecular weight is 254 g/mol. The van der Waals surface area contributed by atoms with Crippen molar-refractivity contribution in [2.24, 2.45) is 0 Å². The summed E-state index contributed by atoms with van der Waals surface area (Å²) in [4.78, 5) is 22.1. The molecular weight excluding hydrogens is 241 g/mol. The highest BCUT2D eigenvalue weighted by molar-refractivity contribution is 5.84. The zero-order chi connectivity index (χ0) is 13.1. The van der Waals surface area contributed by atoms with Crippen LogP contribution in [0.5, 0.6) is 0 Å². The van der Waals surface area contributed by atoms with E-state index in [0.717, 1.165) is 7.11 Å². The van der Waals surface area contributed by atoms with Gasteiger partial charge in [-0.15, -0.1) is 0 Å². The molecule has 1 rings (SSSR count). The Bertz CT molecular complexity index is 306. The van der Waals surface area contributed by atoms with E-state index in [2.05, 4.69) is 10.1 Å². The normalized spacial score (nSPS) is 25.2. The molecule has 0 aromatic rings. The van der Waals surface area contributed by atoms with Crippen LogP contribution in [0, 0.1) is 0 Å². The molecule has 0 aromatic carbocycles. The molecule has 1 aliphatic rings. The van der Waals surface area contributed by atoms with Crippen molar-refractivity contribution in [3.63, 3.8) is 0 Å². The number of hydrogen-bond acceptors (Lipinski definition) is 4. The molecule has 8 heteroatoms. The average Bonchev–Trinajstić information content (AvgIpc) is 2.27. The first-order valence-corrected chi connectivity index (χ1v) is 5.05. The topological polar surface area (TPSA) is 67.4 Å². The summed E-state index contributed by atoms with van der Waals surface area (Å²) in [5, 5.41) is 4.52. The molecule has 1 aliphatic heterocycles. The Labute approximate surface area is 95.7 Å². The number of hydrogen-bond donors (Lipinski definition) is 2. The van der Waals surface area contributed by atoms with Gasteiger partial charge < -0.3 is 15.4 Å². The lowest BCUT2D eigenvalue weighted by molar-refractivity contribution is -0.175. The number of piperidine rings is 1. The van der Waals surface area contributed by atoms with Crippen molar-refractivity contribution in [2.75, 3.05) is 13.7 Å². The summed E-state index contributed by atoms with van der Waals surface area (Å²) >= 11 is 0. The van der Waals surface area contributed by atoms with Gasteiger partial charge in [0.2, 0.25) is 0 Å². The first-order valence-electron chi connectivity index (χ1n) is 5.05. The molecule has 17 heavy (non-hydrogen) atoms. The predicted octanol–water partition coefficient (Wildman–Crippen LogP) is -0.0415.